The Bertz CT molecular complexity index is 864. The normalized spacial score (nSPS) is 14.1. The lowest BCUT2D eigenvalue weighted by atomic mass is 10.2. The monoisotopic (exact) mass is 328 g/mol. The van der Waals surface area contributed by atoms with Crippen LogP contribution in [0.2, 0.25) is 0 Å². The molecule has 5 nitrogen and oxygen atoms in total. The van der Waals surface area contributed by atoms with Gasteiger partial charge in [-0.2, -0.15) is 0 Å². The first-order valence-electron chi connectivity index (χ1n) is 7.66. The number of rotatable bonds is 5. The van der Waals surface area contributed by atoms with E-state index in [0.29, 0.717) is 17.5 Å². The van der Waals surface area contributed by atoms with Crippen LogP contribution in [0.3, 0.4) is 0 Å². The number of nitrogens with one attached hydrogen (secondary N) is 1. The van der Waals surface area contributed by atoms with E-state index in [2.05, 4.69) is 10.3 Å². The van der Waals surface area contributed by atoms with Crippen molar-refractivity contribution in [1.29, 1.82) is 0 Å². The highest BCUT2D eigenvalue weighted by Crippen LogP contribution is 2.33. The van der Waals surface area contributed by atoms with Crippen molar-refractivity contribution < 1.29 is 13.9 Å². The van der Waals surface area contributed by atoms with Crippen LogP contribution in [0.15, 0.2) is 34.1 Å². The molecule has 0 bridgehead atoms. The van der Waals surface area contributed by atoms with Gasteiger partial charge in [-0.05, 0) is 44.0 Å². The van der Waals surface area contributed by atoms with Crippen molar-refractivity contribution in [2.75, 3.05) is 11.9 Å². The molecule has 1 aliphatic rings. The average molecular weight is 328 g/mol. The van der Waals surface area contributed by atoms with Gasteiger partial charge in [0.25, 0.3) is 0 Å². The Hall–Kier alpha value is -2.34. The van der Waals surface area contributed by atoms with Crippen LogP contribution in [-0.2, 0) is 4.79 Å². The number of hydrogen-bond donors (Lipinski definition) is 1. The van der Waals surface area contributed by atoms with Gasteiger partial charge in [0.15, 0.2) is 10.9 Å². The van der Waals surface area contributed by atoms with Crippen LogP contribution in [-0.4, -0.2) is 17.5 Å². The predicted octanol–water partition coefficient (Wildman–Crippen LogP) is 4.30. The molecule has 0 aliphatic heterocycles. The van der Waals surface area contributed by atoms with Gasteiger partial charge in [-0.25, -0.2) is 4.98 Å². The Kier molecular flexibility index (Phi) is 3.53. The number of thiazole rings is 1. The predicted molar refractivity (Wildman–Crippen MR) is 89.8 cm³/mol. The third kappa shape index (κ3) is 2.94. The zero-order valence-electron chi connectivity index (χ0n) is 12.7. The number of amides is 1. The van der Waals surface area contributed by atoms with Gasteiger partial charge in [-0.15, -0.1) is 11.3 Å². The molecule has 0 saturated heterocycles. The molecule has 3 aromatic rings. The Morgan fingerprint density at radius 3 is 3.09 bits per heavy atom. The van der Waals surface area contributed by atoms with Crippen molar-refractivity contribution in [3.63, 3.8) is 0 Å². The lowest BCUT2D eigenvalue weighted by Gasteiger charge is -2.00. The first kappa shape index (κ1) is 14.3. The Morgan fingerprint density at radius 2 is 2.30 bits per heavy atom. The van der Waals surface area contributed by atoms with Gasteiger partial charge in [-0.1, -0.05) is 0 Å². The van der Waals surface area contributed by atoms with Crippen LogP contribution in [0, 0.1) is 5.92 Å². The standard InChI is InChI=1S/C17H16N2O3S/c1-2-21-12-5-6-14-11(7-12)8-15(22-14)13-9-23-17(18-13)19-16(20)10-3-4-10/h5-10H,2-4H2,1H3,(H,18,19,20). The molecule has 118 valence electrons. The van der Waals surface area contributed by atoms with E-state index in [4.69, 9.17) is 9.15 Å². The minimum absolute atomic E-state index is 0.0665. The summed E-state index contributed by atoms with van der Waals surface area (Å²) in [4.78, 5) is 16.2. The van der Waals surface area contributed by atoms with E-state index in [1.54, 1.807) is 0 Å². The second-order valence-corrected chi connectivity index (χ2v) is 6.40. The van der Waals surface area contributed by atoms with Crippen LogP contribution in [0.25, 0.3) is 22.4 Å². The summed E-state index contributed by atoms with van der Waals surface area (Å²) in [5.74, 6) is 1.75. The van der Waals surface area contributed by atoms with Crippen LogP contribution >= 0.6 is 11.3 Å². The van der Waals surface area contributed by atoms with Crippen molar-refractivity contribution in [2.45, 2.75) is 19.8 Å². The van der Waals surface area contributed by atoms with Gasteiger partial charge in [-0.3, -0.25) is 4.79 Å². The van der Waals surface area contributed by atoms with Crippen molar-refractivity contribution in [1.82, 2.24) is 4.98 Å². The van der Waals surface area contributed by atoms with Crippen molar-refractivity contribution in [3.8, 4) is 17.2 Å². The average Bonchev–Trinajstić information content (AvgIpc) is 3.15. The Labute approximate surface area is 137 Å². The summed E-state index contributed by atoms with van der Waals surface area (Å²) in [7, 11) is 0. The van der Waals surface area contributed by atoms with E-state index in [1.165, 1.54) is 11.3 Å². The molecule has 0 spiro atoms. The largest absolute Gasteiger partial charge is 0.494 e. The third-order valence-corrected chi connectivity index (χ3v) is 4.49. The molecule has 2 heterocycles. The molecule has 0 radical (unpaired) electrons. The summed E-state index contributed by atoms with van der Waals surface area (Å²) in [6, 6.07) is 7.68. The summed E-state index contributed by atoms with van der Waals surface area (Å²) >= 11 is 1.41. The van der Waals surface area contributed by atoms with Gasteiger partial charge in [0.1, 0.15) is 17.0 Å². The molecule has 0 unspecified atom stereocenters. The molecule has 1 aromatic carbocycles. The zero-order valence-corrected chi connectivity index (χ0v) is 13.5. The minimum atomic E-state index is 0.0665. The lowest BCUT2D eigenvalue weighted by Crippen LogP contribution is -2.12. The van der Waals surface area contributed by atoms with Gasteiger partial charge in [0, 0.05) is 16.7 Å². The number of ether oxygens (including phenoxy) is 1. The molecular weight excluding hydrogens is 312 g/mol. The summed E-state index contributed by atoms with van der Waals surface area (Å²) in [6.07, 6.45) is 1.96. The number of furan rings is 1. The van der Waals surface area contributed by atoms with Crippen LogP contribution in [0.5, 0.6) is 5.75 Å². The molecule has 1 saturated carbocycles. The first-order valence-corrected chi connectivity index (χ1v) is 8.54. The van der Waals surface area contributed by atoms with Crippen molar-refractivity contribution >= 4 is 33.3 Å². The summed E-state index contributed by atoms with van der Waals surface area (Å²) < 4.78 is 11.3. The minimum Gasteiger partial charge on any atom is -0.494 e. The van der Waals surface area contributed by atoms with E-state index in [-0.39, 0.29) is 11.8 Å². The second-order valence-electron chi connectivity index (χ2n) is 5.54. The van der Waals surface area contributed by atoms with Crippen LogP contribution in [0.4, 0.5) is 5.13 Å². The van der Waals surface area contributed by atoms with Gasteiger partial charge in [0.2, 0.25) is 5.91 Å². The van der Waals surface area contributed by atoms with E-state index < -0.39 is 0 Å². The van der Waals surface area contributed by atoms with Gasteiger partial charge in [0.05, 0.1) is 6.61 Å². The van der Waals surface area contributed by atoms with Crippen LogP contribution < -0.4 is 10.1 Å². The molecule has 4 rings (SSSR count). The number of nitrogens with zero attached hydrogens (tertiary/aromatic N) is 1. The van der Waals surface area contributed by atoms with Crippen LogP contribution in [0.1, 0.15) is 19.8 Å². The summed E-state index contributed by atoms with van der Waals surface area (Å²) in [6.45, 7) is 2.59. The number of fused-ring (bicyclic) bond motifs is 1. The highest BCUT2D eigenvalue weighted by Gasteiger charge is 2.30. The molecule has 23 heavy (non-hydrogen) atoms. The van der Waals surface area contributed by atoms with E-state index in [0.717, 1.165) is 35.3 Å². The maximum atomic E-state index is 11.8. The summed E-state index contributed by atoms with van der Waals surface area (Å²) in [5, 5.41) is 6.35. The first-order chi connectivity index (χ1) is 11.2. The van der Waals surface area contributed by atoms with Crippen molar-refractivity contribution in [3.05, 3.63) is 29.6 Å². The smallest absolute Gasteiger partial charge is 0.229 e. The maximum absolute atomic E-state index is 11.8. The maximum Gasteiger partial charge on any atom is 0.229 e. The molecular formula is C17H16N2O3S. The lowest BCUT2D eigenvalue weighted by molar-refractivity contribution is -0.117. The number of hydrogen-bond acceptors (Lipinski definition) is 5. The third-order valence-electron chi connectivity index (χ3n) is 3.73. The van der Waals surface area contributed by atoms with E-state index in [1.807, 2.05) is 36.6 Å². The number of carbonyl (C=O) groups is 1. The number of aromatic nitrogens is 1. The highest BCUT2D eigenvalue weighted by atomic mass is 32.1. The highest BCUT2D eigenvalue weighted by molar-refractivity contribution is 7.14. The van der Waals surface area contributed by atoms with Crippen molar-refractivity contribution in [2.24, 2.45) is 5.92 Å². The topological polar surface area (TPSA) is 64.4 Å². The fourth-order valence-corrected chi connectivity index (χ4v) is 3.10. The molecule has 6 heteroatoms. The fourth-order valence-electron chi connectivity index (χ4n) is 2.40. The molecule has 1 aliphatic carbocycles. The number of carbonyl (C=O) groups excluding carboxylic acids is 1. The summed E-state index contributed by atoms with van der Waals surface area (Å²) in [5.41, 5.74) is 1.52. The second kappa shape index (κ2) is 5.70. The van der Waals surface area contributed by atoms with Gasteiger partial charge < -0.3 is 14.5 Å². The van der Waals surface area contributed by atoms with E-state index >= 15 is 0 Å². The van der Waals surface area contributed by atoms with E-state index in [9.17, 15) is 4.79 Å². The zero-order chi connectivity index (χ0) is 15.8. The fraction of sp³-hybridized carbons (Fsp3) is 0.294. The Balaban J connectivity index is 1.58. The molecule has 2 aromatic heterocycles. The molecule has 1 amide bonds. The Morgan fingerprint density at radius 1 is 1.43 bits per heavy atom. The number of benzene rings is 1. The molecule has 0 atom stereocenters. The molecule has 1 N–H and O–H groups in total. The molecule has 1 fully saturated rings. The SMILES string of the molecule is CCOc1ccc2oc(-c3csc(NC(=O)C4CC4)n3)cc2c1. The van der Waals surface area contributed by atoms with Gasteiger partial charge >= 0.3 is 0 Å². The number of anilines is 1. The quantitative estimate of drug-likeness (QED) is 0.758.